The third-order valence-corrected chi connectivity index (χ3v) is 6.14. The maximum atomic E-state index is 12.4. The molecule has 1 aromatic rings. The van der Waals surface area contributed by atoms with Gasteiger partial charge in [0.2, 0.25) is 5.91 Å². The molecule has 2 saturated heterocycles. The Kier molecular flexibility index (Phi) is 4.22. The van der Waals surface area contributed by atoms with Crippen LogP contribution in [0.5, 0.6) is 0 Å². The normalized spacial score (nSPS) is 23.5. The molecule has 122 valence electrons. The molecule has 0 aliphatic carbocycles. The fourth-order valence-corrected chi connectivity index (χ4v) is 4.80. The average molecular weight is 334 g/mol. The molecule has 2 aliphatic rings. The summed E-state index contributed by atoms with van der Waals surface area (Å²) in [7, 11) is -3.04. The molecule has 23 heavy (non-hydrogen) atoms. The lowest BCUT2D eigenvalue weighted by molar-refractivity contribution is -0.135. The predicted molar refractivity (Wildman–Crippen MR) is 84.5 cm³/mol. The molecular weight excluding hydrogens is 316 g/mol. The van der Waals surface area contributed by atoms with E-state index in [2.05, 4.69) is 11.1 Å². The second-order valence-corrected chi connectivity index (χ2v) is 8.16. The van der Waals surface area contributed by atoms with Crippen LogP contribution < -0.4 is 4.90 Å². The molecule has 2 fully saturated rings. The van der Waals surface area contributed by atoms with Gasteiger partial charge in [0.15, 0.2) is 9.84 Å². The molecule has 3 rings (SSSR count). The van der Waals surface area contributed by atoms with Crippen molar-refractivity contribution >= 4 is 21.6 Å². The van der Waals surface area contributed by atoms with E-state index in [1.54, 1.807) is 23.2 Å². The fraction of sp³-hybridized carbons (Fsp3) is 0.533. The number of pyridine rings is 1. The van der Waals surface area contributed by atoms with Crippen molar-refractivity contribution in [3.8, 4) is 6.07 Å². The first-order valence-corrected chi connectivity index (χ1v) is 9.41. The lowest BCUT2D eigenvalue weighted by Crippen LogP contribution is -2.50. The number of hydrogen-bond acceptors (Lipinski definition) is 6. The van der Waals surface area contributed by atoms with Crippen molar-refractivity contribution < 1.29 is 13.2 Å². The minimum absolute atomic E-state index is 0.0161. The molecule has 0 bridgehead atoms. The van der Waals surface area contributed by atoms with Crippen LogP contribution in [0.3, 0.4) is 0 Å². The highest BCUT2D eigenvalue weighted by atomic mass is 32.2. The Morgan fingerprint density at radius 3 is 2.65 bits per heavy atom. The summed E-state index contributed by atoms with van der Waals surface area (Å²) in [5, 5.41) is 8.94. The number of carbonyl (C=O) groups is 1. The minimum Gasteiger partial charge on any atom is -0.353 e. The first-order chi connectivity index (χ1) is 11.0. The molecule has 3 heterocycles. The van der Waals surface area contributed by atoms with Gasteiger partial charge in [0.25, 0.3) is 0 Å². The number of sulfone groups is 1. The maximum absolute atomic E-state index is 12.4. The van der Waals surface area contributed by atoms with Crippen molar-refractivity contribution in [1.29, 1.82) is 5.26 Å². The van der Waals surface area contributed by atoms with Gasteiger partial charge < -0.3 is 9.80 Å². The summed E-state index contributed by atoms with van der Waals surface area (Å²) >= 11 is 0. The second kappa shape index (κ2) is 6.16. The molecule has 1 aromatic heterocycles. The van der Waals surface area contributed by atoms with Gasteiger partial charge in [-0.15, -0.1) is 0 Å². The first-order valence-electron chi connectivity index (χ1n) is 7.59. The zero-order chi connectivity index (χ0) is 16.4. The molecule has 0 radical (unpaired) electrons. The number of piperazine rings is 1. The van der Waals surface area contributed by atoms with Crippen LogP contribution in [-0.4, -0.2) is 61.9 Å². The number of nitrogens with zero attached hydrogens (tertiary/aromatic N) is 4. The second-order valence-electron chi connectivity index (χ2n) is 5.93. The minimum atomic E-state index is -3.04. The zero-order valence-corrected chi connectivity index (χ0v) is 13.5. The summed E-state index contributed by atoms with van der Waals surface area (Å²) in [6.07, 6.45) is 2.04. The van der Waals surface area contributed by atoms with Gasteiger partial charge in [-0.25, -0.2) is 13.4 Å². The lowest BCUT2D eigenvalue weighted by Gasteiger charge is -2.36. The van der Waals surface area contributed by atoms with Gasteiger partial charge in [-0.2, -0.15) is 5.26 Å². The molecule has 2 aliphatic heterocycles. The Bertz CT molecular complexity index is 748. The summed E-state index contributed by atoms with van der Waals surface area (Å²) in [5.41, 5.74) is 0.560. The van der Waals surface area contributed by atoms with Gasteiger partial charge in [-0.1, -0.05) is 0 Å². The molecule has 1 atom stereocenters. The Morgan fingerprint density at radius 1 is 1.30 bits per heavy atom. The summed E-state index contributed by atoms with van der Waals surface area (Å²) in [4.78, 5) is 20.5. The number of rotatable bonds is 2. The molecule has 0 spiro atoms. The van der Waals surface area contributed by atoms with Crippen molar-refractivity contribution in [2.24, 2.45) is 5.92 Å². The van der Waals surface area contributed by atoms with E-state index in [-0.39, 0.29) is 23.3 Å². The molecule has 7 nitrogen and oxygen atoms in total. The van der Waals surface area contributed by atoms with Crippen LogP contribution in [-0.2, 0) is 14.6 Å². The standard InChI is InChI=1S/C15H18N4O3S/c16-10-12-1-3-17-14(9-12)18-4-6-19(7-5-18)15(20)13-2-8-23(21,22)11-13/h1,3,9,13H,2,4-8,11H2. The highest BCUT2D eigenvalue weighted by molar-refractivity contribution is 7.91. The molecule has 1 amide bonds. The number of amides is 1. The zero-order valence-electron chi connectivity index (χ0n) is 12.7. The van der Waals surface area contributed by atoms with E-state index in [1.807, 2.05) is 4.90 Å². The molecule has 8 heteroatoms. The van der Waals surface area contributed by atoms with E-state index in [9.17, 15) is 13.2 Å². The van der Waals surface area contributed by atoms with E-state index in [1.165, 1.54) is 0 Å². The average Bonchev–Trinajstić information content (AvgIpc) is 2.94. The van der Waals surface area contributed by atoms with Crippen LogP contribution >= 0.6 is 0 Å². The van der Waals surface area contributed by atoms with Crippen molar-refractivity contribution in [2.45, 2.75) is 6.42 Å². The molecule has 0 saturated carbocycles. The van der Waals surface area contributed by atoms with Gasteiger partial charge >= 0.3 is 0 Å². The number of anilines is 1. The van der Waals surface area contributed by atoms with E-state index < -0.39 is 9.84 Å². The van der Waals surface area contributed by atoms with Gasteiger partial charge in [0, 0.05) is 32.4 Å². The maximum Gasteiger partial charge on any atom is 0.226 e. The number of hydrogen-bond donors (Lipinski definition) is 0. The number of aromatic nitrogens is 1. The first kappa shape index (κ1) is 15.7. The van der Waals surface area contributed by atoms with Gasteiger partial charge in [0.1, 0.15) is 5.82 Å². The molecule has 0 N–H and O–H groups in total. The smallest absolute Gasteiger partial charge is 0.226 e. The Balaban J connectivity index is 1.60. The third-order valence-electron chi connectivity index (χ3n) is 4.37. The largest absolute Gasteiger partial charge is 0.353 e. The van der Waals surface area contributed by atoms with E-state index >= 15 is 0 Å². The van der Waals surface area contributed by atoms with Crippen molar-refractivity contribution in [1.82, 2.24) is 9.88 Å². The van der Waals surface area contributed by atoms with Gasteiger partial charge in [-0.05, 0) is 18.6 Å². The van der Waals surface area contributed by atoms with Crippen molar-refractivity contribution in [3.05, 3.63) is 23.9 Å². The Hall–Kier alpha value is -2.14. The summed E-state index contributed by atoms with van der Waals surface area (Å²) in [6, 6.07) is 5.48. The quantitative estimate of drug-likeness (QED) is 0.758. The topological polar surface area (TPSA) is 94.4 Å². The number of nitriles is 1. The van der Waals surface area contributed by atoms with Gasteiger partial charge in [0.05, 0.1) is 29.1 Å². The molecular formula is C15H18N4O3S. The van der Waals surface area contributed by atoms with Crippen LogP contribution in [0, 0.1) is 17.2 Å². The number of carbonyl (C=O) groups excluding carboxylic acids is 1. The monoisotopic (exact) mass is 334 g/mol. The summed E-state index contributed by atoms with van der Waals surface area (Å²) < 4.78 is 23.0. The van der Waals surface area contributed by atoms with E-state index in [0.29, 0.717) is 38.2 Å². The molecule has 1 unspecified atom stereocenters. The highest BCUT2D eigenvalue weighted by Crippen LogP contribution is 2.22. The van der Waals surface area contributed by atoms with E-state index in [0.717, 1.165) is 5.82 Å². The van der Waals surface area contributed by atoms with Gasteiger partial charge in [-0.3, -0.25) is 4.79 Å². The summed E-state index contributed by atoms with van der Waals surface area (Å²) in [6.45, 7) is 2.36. The third kappa shape index (κ3) is 3.45. The van der Waals surface area contributed by atoms with Crippen LogP contribution in [0.1, 0.15) is 12.0 Å². The van der Waals surface area contributed by atoms with Crippen molar-refractivity contribution in [2.75, 3.05) is 42.6 Å². The van der Waals surface area contributed by atoms with Crippen LogP contribution in [0.15, 0.2) is 18.3 Å². The van der Waals surface area contributed by atoms with Crippen LogP contribution in [0.25, 0.3) is 0 Å². The van der Waals surface area contributed by atoms with Crippen molar-refractivity contribution in [3.63, 3.8) is 0 Å². The summed E-state index contributed by atoms with van der Waals surface area (Å²) in [5.74, 6) is 0.405. The fourth-order valence-electron chi connectivity index (χ4n) is 3.06. The molecule has 0 aromatic carbocycles. The highest BCUT2D eigenvalue weighted by Gasteiger charge is 2.36. The van der Waals surface area contributed by atoms with Crippen LogP contribution in [0.4, 0.5) is 5.82 Å². The Labute approximate surface area is 135 Å². The SMILES string of the molecule is N#Cc1ccnc(N2CCN(C(=O)C3CCS(=O)(=O)C3)CC2)c1. The predicted octanol–water partition coefficient (Wildman–Crippen LogP) is 0.0366. The Morgan fingerprint density at radius 2 is 2.04 bits per heavy atom. The van der Waals surface area contributed by atoms with Crippen LogP contribution in [0.2, 0.25) is 0 Å². The lowest BCUT2D eigenvalue weighted by atomic mass is 10.1. The van der Waals surface area contributed by atoms with E-state index in [4.69, 9.17) is 5.26 Å².